The highest BCUT2D eigenvalue weighted by Gasteiger charge is 2.27. The molecule has 6 heteroatoms. The minimum absolute atomic E-state index is 0.253. The first-order valence-electron chi connectivity index (χ1n) is 5.09. The van der Waals surface area contributed by atoms with E-state index in [1.165, 1.54) is 30.1 Å². The third-order valence-electron chi connectivity index (χ3n) is 2.28. The summed E-state index contributed by atoms with van der Waals surface area (Å²) in [5.74, 6) is -0.394. The molecule has 0 aliphatic heterocycles. The fourth-order valence-electron chi connectivity index (χ4n) is 1.45. The van der Waals surface area contributed by atoms with Gasteiger partial charge in [0, 0.05) is 6.54 Å². The highest BCUT2D eigenvalue weighted by Crippen LogP contribution is 2.19. The van der Waals surface area contributed by atoms with Gasteiger partial charge < -0.3 is 17.8 Å². The Bertz CT molecular complexity index is 403. The smallest absolute Gasteiger partial charge is 0.445 e. The van der Waals surface area contributed by atoms with Crippen molar-refractivity contribution in [3.8, 4) is 0 Å². The summed E-state index contributed by atoms with van der Waals surface area (Å²) in [6.45, 7) is -2.00. The number of likely N-dealkylation sites (N-methyl/N-ethyl adjacent to an activating group) is 1. The third kappa shape index (κ3) is 4.60. The second-order valence-corrected chi connectivity index (χ2v) is 4.04. The average Bonchev–Trinajstić information content (AvgIpc) is 2.15. The number of nitrogens with zero attached hydrogens (tertiary/aromatic N) is 1. The molecule has 0 bridgehead atoms. The standard InChI is InChI=1S/C11H13BF4N/c1-9(12(14,15)16)7-17(2)8-10-4-3-5-11(13)6-10/h3-6H,1,7-8H2,2H3/q-1. The van der Waals surface area contributed by atoms with Gasteiger partial charge >= 0.3 is 6.98 Å². The van der Waals surface area contributed by atoms with Gasteiger partial charge in [-0.1, -0.05) is 12.1 Å². The highest BCUT2D eigenvalue weighted by molar-refractivity contribution is 6.66. The zero-order chi connectivity index (χ0) is 13.1. The van der Waals surface area contributed by atoms with Crippen LogP contribution in [0.3, 0.4) is 0 Å². The topological polar surface area (TPSA) is 3.24 Å². The van der Waals surface area contributed by atoms with Crippen molar-refractivity contribution < 1.29 is 17.3 Å². The van der Waals surface area contributed by atoms with E-state index in [1.54, 1.807) is 6.07 Å². The van der Waals surface area contributed by atoms with Gasteiger partial charge in [-0.2, -0.15) is 0 Å². The van der Waals surface area contributed by atoms with Gasteiger partial charge in [0.1, 0.15) is 5.82 Å². The molecule has 0 aliphatic carbocycles. The molecule has 0 aromatic heterocycles. The van der Waals surface area contributed by atoms with Crippen LogP contribution in [0.15, 0.2) is 36.3 Å². The van der Waals surface area contributed by atoms with Crippen LogP contribution in [0.5, 0.6) is 0 Å². The summed E-state index contributed by atoms with van der Waals surface area (Å²) in [6, 6.07) is 5.79. The van der Waals surface area contributed by atoms with Crippen LogP contribution in [-0.4, -0.2) is 25.5 Å². The van der Waals surface area contributed by atoms with Gasteiger partial charge in [-0.25, -0.2) is 4.39 Å². The Morgan fingerprint density at radius 1 is 1.35 bits per heavy atom. The lowest BCUT2D eigenvalue weighted by molar-refractivity contribution is 0.349. The van der Waals surface area contributed by atoms with Crippen LogP contribution < -0.4 is 0 Å². The Kier molecular flexibility index (Phi) is 4.34. The number of hydrogen-bond acceptors (Lipinski definition) is 1. The largest absolute Gasteiger partial charge is 0.506 e. The van der Waals surface area contributed by atoms with Crippen LogP contribution in [0.4, 0.5) is 17.3 Å². The lowest BCUT2D eigenvalue weighted by Gasteiger charge is -2.24. The van der Waals surface area contributed by atoms with Crippen LogP contribution in [0.1, 0.15) is 5.56 Å². The molecule has 0 unspecified atom stereocenters. The quantitative estimate of drug-likeness (QED) is 0.569. The van der Waals surface area contributed by atoms with Crippen molar-refractivity contribution in [2.45, 2.75) is 6.54 Å². The molecule has 1 aromatic rings. The van der Waals surface area contributed by atoms with E-state index < -0.39 is 18.3 Å². The SMILES string of the molecule is C=C(CN(C)Cc1cccc(F)c1)[B-](F)(F)F. The molecule has 0 heterocycles. The van der Waals surface area contributed by atoms with Crippen molar-refractivity contribution in [3.05, 3.63) is 47.7 Å². The number of benzene rings is 1. The minimum Gasteiger partial charge on any atom is -0.445 e. The zero-order valence-corrected chi connectivity index (χ0v) is 9.47. The van der Waals surface area contributed by atoms with E-state index in [4.69, 9.17) is 0 Å². The molecular formula is C11H13BF4N-. The molecule has 0 amide bonds. The number of hydrogen-bond donors (Lipinski definition) is 0. The van der Waals surface area contributed by atoms with E-state index in [0.717, 1.165) is 0 Å². The van der Waals surface area contributed by atoms with E-state index in [0.29, 0.717) is 5.56 Å². The van der Waals surface area contributed by atoms with Gasteiger partial charge in [0.15, 0.2) is 0 Å². The van der Waals surface area contributed by atoms with Crippen molar-refractivity contribution in [3.63, 3.8) is 0 Å². The monoisotopic (exact) mass is 246 g/mol. The maximum atomic E-state index is 12.9. The van der Waals surface area contributed by atoms with E-state index in [9.17, 15) is 17.3 Å². The van der Waals surface area contributed by atoms with Gasteiger partial charge in [-0.3, -0.25) is 0 Å². The van der Waals surface area contributed by atoms with Crippen LogP contribution >= 0.6 is 0 Å². The van der Waals surface area contributed by atoms with Crippen LogP contribution in [-0.2, 0) is 6.54 Å². The summed E-state index contributed by atoms with van der Waals surface area (Å²) in [6.07, 6.45) is 0. The van der Waals surface area contributed by atoms with E-state index >= 15 is 0 Å². The molecule has 94 valence electrons. The first-order valence-corrected chi connectivity index (χ1v) is 5.09. The van der Waals surface area contributed by atoms with Gasteiger partial charge in [0.2, 0.25) is 0 Å². The van der Waals surface area contributed by atoms with Crippen LogP contribution in [0, 0.1) is 5.82 Å². The molecule has 0 saturated carbocycles. The Balaban J connectivity index is 2.56. The summed E-state index contributed by atoms with van der Waals surface area (Å²) in [4.78, 5) is 1.45. The van der Waals surface area contributed by atoms with E-state index in [-0.39, 0.29) is 13.1 Å². The second-order valence-electron chi connectivity index (χ2n) is 4.04. The first-order chi connectivity index (χ1) is 7.79. The molecule has 0 saturated heterocycles. The summed E-state index contributed by atoms with van der Waals surface area (Å²) in [5, 5.41) is 0. The Morgan fingerprint density at radius 2 is 2.00 bits per heavy atom. The maximum Gasteiger partial charge on any atom is 0.506 e. The van der Waals surface area contributed by atoms with Crippen molar-refractivity contribution in [1.82, 2.24) is 4.90 Å². The van der Waals surface area contributed by atoms with Crippen molar-refractivity contribution in [2.24, 2.45) is 0 Å². The number of halogens is 4. The first kappa shape index (κ1) is 13.8. The Labute approximate surface area is 97.8 Å². The molecule has 0 fully saturated rings. The van der Waals surface area contributed by atoms with Crippen molar-refractivity contribution in [2.75, 3.05) is 13.6 Å². The van der Waals surface area contributed by atoms with Crippen LogP contribution in [0.2, 0.25) is 0 Å². The Morgan fingerprint density at radius 3 is 2.53 bits per heavy atom. The molecule has 1 nitrogen and oxygen atoms in total. The molecule has 1 aromatic carbocycles. The minimum atomic E-state index is -5.00. The van der Waals surface area contributed by atoms with Gasteiger partial charge in [-0.05, 0) is 31.3 Å². The molecule has 1 rings (SSSR count). The van der Waals surface area contributed by atoms with Gasteiger partial charge in [0.25, 0.3) is 0 Å². The molecule has 0 aliphatic rings. The normalized spacial score (nSPS) is 11.9. The molecule has 0 spiro atoms. The predicted molar refractivity (Wildman–Crippen MR) is 61.0 cm³/mol. The molecule has 0 radical (unpaired) electrons. The number of rotatable bonds is 5. The van der Waals surface area contributed by atoms with Gasteiger partial charge in [-0.15, -0.1) is 12.1 Å². The lowest BCUT2D eigenvalue weighted by Crippen LogP contribution is -2.29. The molecule has 0 N–H and O–H groups in total. The summed E-state index contributed by atoms with van der Waals surface area (Å²) in [7, 11) is 1.54. The molecular weight excluding hydrogens is 233 g/mol. The zero-order valence-electron chi connectivity index (χ0n) is 9.47. The van der Waals surface area contributed by atoms with Crippen molar-refractivity contribution >= 4 is 6.98 Å². The molecule has 17 heavy (non-hydrogen) atoms. The molecule has 0 atom stereocenters. The lowest BCUT2D eigenvalue weighted by atomic mass is 9.80. The second kappa shape index (κ2) is 5.36. The average molecular weight is 246 g/mol. The van der Waals surface area contributed by atoms with E-state index in [1.807, 2.05) is 0 Å². The van der Waals surface area contributed by atoms with E-state index in [2.05, 4.69) is 6.58 Å². The summed E-state index contributed by atoms with van der Waals surface area (Å²) < 4.78 is 49.7. The van der Waals surface area contributed by atoms with Crippen LogP contribution in [0.25, 0.3) is 0 Å². The van der Waals surface area contributed by atoms with Crippen molar-refractivity contribution in [1.29, 1.82) is 0 Å². The Hall–Kier alpha value is -1.30. The fraction of sp³-hybridized carbons (Fsp3) is 0.273. The summed E-state index contributed by atoms with van der Waals surface area (Å²) in [5.41, 5.74) is -0.112. The predicted octanol–water partition coefficient (Wildman–Crippen LogP) is 3.20. The third-order valence-corrected chi connectivity index (χ3v) is 2.28. The van der Waals surface area contributed by atoms with Gasteiger partial charge in [0.05, 0.1) is 0 Å². The maximum absolute atomic E-state index is 12.9. The summed E-state index contributed by atoms with van der Waals surface area (Å²) >= 11 is 0. The highest BCUT2D eigenvalue weighted by atomic mass is 19.4. The fourth-order valence-corrected chi connectivity index (χ4v) is 1.45.